The highest BCUT2D eigenvalue weighted by Crippen LogP contribution is 2.21. The lowest BCUT2D eigenvalue weighted by atomic mass is 10.1. The fourth-order valence-corrected chi connectivity index (χ4v) is 2.24. The largest absolute Gasteiger partial charge is 0.465 e. The van der Waals surface area contributed by atoms with Crippen LogP contribution >= 0.6 is 0 Å². The highest BCUT2D eigenvalue weighted by molar-refractivity contribution is 6.07. The fourth-order valence-electron chi connectivity index (χ4n) is 2.24. The van der Waals surface area contributed by atoms with Crippen molar-refractivity contribution in [2.45, 2.75) is 34.6 Å². The van der Waals surface area contributed by atoms with Crippen molar-refractivity contribution in [1.82, 2.24) is 9.55 Å². The average molecular weight is 334 g/mol. The Hall–Kier alpha value is -2.21. The van der Waals surface area contributed by atoms with Crippen LogP contribution in [0.3, 0.4) is 0 Å². The third-order valence-corrected chi connectivity index (χ3v) is 3.75. The van der Waals surface area contributed by atoms with Crippen molar-refractivity contribution in [2.24, 2.45) is 13.0 Å². The third-order valence-electron chi connectivity index (χ3n) is 3.75. The second kappa shape index (κ2) is 8.59. The van der Waals surface area contributed by atoms with Crippen LogP contribution in [0.4, 0.5) is 0 Å². The number of ether oxygens (including phenoxy) is 1. The van der Waals surface area contributed by atoms with Crippen LogP contribution in [0.1, 0.15) is 42.5 Å². The number of esters is 1. The number of fused-ring (bicyclic) bond motifs is 1. The number of carbonyl (C=O) groups is 2. The smallest absolute Gasteiger partial charge is 0.316 e. The van der Waals surface area contributed by atoms with Gasteiger partial charge in [0.15, 0.2) is 5.82 Å². The maximum atomic E-state index is 12.4. The summed E-state index contributed by atoms with van der Waals surface area (Å²) >= 11 is 0. The van der Waals surface area contributed by atoms with Gasteiger partial charge < -0.3 is 14.4 Å². The van der Waals surface area contributed by atoms with Gasteiger partial charge in [0.2, 0.25) is 5.78 Å². The van der Waals surface area contributed by atoms with Crippen molar-refractivity contribution in [3.63, 3.8) is 0 Å². The summed E-state index contributed by atoms with van der Waals surface area (Å²) in [4.78, 5) is 28.5. The number of benzene rings is 1. The summed E-state index contributed by atoms with van der Waals surface area (Å²) in [5.74, 6) is -1.39. The van der Waals surface area contributed by atoms with Gasteiger partial charge in [0.05, 0.1) is 17.6 Å². The lowest BCUT2D eigenvalue weighted by molar-refractivity contribution is -0.145. The van der Waals surface area contributed by atoms with Crippen molar-refractivity contribution in [1.29, 1.82) is 0 Å². The number of aromatic nitrogens is 2. The molecule has 0 saturated carbocycles. The number of hydrogen-bond acceptors (Lipinski definition) is 5. The molecule has 24 heavy (non-hydrogen) atoms. The fraction of sp³-hybridized carbons (Fsp3) is 0.500. The summed E-state index contributed by atoms with van der Waals surface area (Å²) in [6, 6.07) is 3.96. The van der Waals surface area contributed by atoms with Gasteiger partial charge in [-0.1, -0.05) is 0 Å². The molecule has 1 heterocycles. The summed E-state index contributed by atoms with van der Waals surface area (Å²) < 4.78 is 6.64. The third kappa shape index (κ3) is 4.20. The predicted molar refractivity (Wildman–Crippen MR) is 93.1 cm³/mol. The van der Waals surface area contributed by atoms with E-state index in [4.69, 9.17) is 9.84 Å². The number of Topliss-reactive ketones (excluding diaryl/α,β-unsaturated/α-hetero) is 1. The number of aryl methyl sites for hydroxylation is 3. The van der Waals surface area contributed by atoms with Crippen LogP contribution in [0.15, 0.2) is 12.1 Å². The minimum absolute atomic E-state index is 0.250. The van der Waals surface area contributed by atoms with E-state index < -0.39 is 11.9 Å². The Balaban J connectivity index is 0.000000891. The van der Waals surface area contributed by atoms with E-state index in [1.54, 1.807) is 32.4 Å². The Morgan fingerprint density at radius 2 is 1.79 bits per heavy atom. The van der Waals surface area contributed by atoms with Gasteiger partial charge in [-0.25, -0.2) is 4.98 Å². The molecule has 1 atom stereocenters. The number of aliphatic hydroxyl groups excluding tert-OH is 1. The maximum absolute atomic E-state index is 12.4. The van der Waals surface area contributed by atoms with E-state index in [0.717, 1.165) is 22.2 Å². The molecule has 132 valence electrons. The SMILES string of the molecule is CCO.CCOC(=O)C(C)C(=O)c1nc2cc(C)c(C)cc2n1C. The monoisotopic (exact) mass is 334 g/mol. The minimum Gasteiger partial charge on any atom is -0.465 e. The predicted octanol–water partition coefficient (Wildman–Crippen LogP) is 2.57. The molecule has 6 heteroatoms. The van der Waals surface area contributed by atoms with E-state index in [1.807, 2.05) is 26.0 Å². The molecule has 2 aromatic rings. The molecule has 1 aromatic carbocycles. The molecule has 0 fully saturated rings. The minimum atomic E-state index is -0.845. The summed E-state index contributed by atoms with van der Waals surface area (Å²) in [5.41, 5.74) is 3.92. The molecule has 0 radical (unpaired) electrons. The van der Waals surface area contributed by atoms with Gasteiger partial charge in [-0.2, -0.15) is 0 Å². The van der Waals surface area contributed by atoms with Crippen LogP contribution in [-0.4, -0.2) is 39.6 Å². The van der Waals surface area contributed by atoms with Crippen LogP contribution < -0.4 is 0 Å². The van der Waals surface area contributed by atoms with Gasteiger partial charge in [0, 0.05) is 13.7 Å². The summed E-state index contributed by atoms with van der Waals surface area (Å²) in [6.07, 6.45) is 0. The lowest BCUT2D eigenvalue weighted by Gasteiger charge is -2.09. The number of ketones is 1. The molecule has 6 nitrogen and oxygen atoms in total. The van der Waals surface area contributed by atoms with Gasteiger partial charge in [0.25, 0.3) is 0 Å². The Labute approximate surface area is 142 Å². The van der Waals surface area contributed by atoms with Gasteiger partial charge in [-0.05, 0) is 57.9 Å². The molecule has 0 spiro atoms. The summed E-state index contributed by atoms with van der Waals surface area (Å²) in [5, 5.41) is 7.57. The van der Waals surface area contributed by atoms with Crippen LogP contribution in [0.5, 0.6) is 0 Å². The number of nitrogens with zero attached hydrogens (tertiary/aromatic N) is 2. The van der Waals surface area contributed by atoms with Gasteiger partial charge in [-0.3, -0.25) is 9.59 Å². The number of aliphatic hydroxyl groups is 1. The number of rotatable bonds is 4. The second-order valence-electron chi connectivity index (χ2n) is 5.57. The normalized spacial score (nSPS) is 11.6. The molecule has 2 rings (SSSR count). The van der Waals surface area contributed by atoms with Crippen LogP contribution in [-0.2, 0) is 16.6 Å². The zero-order valence-electron chi connectivity index (χ0n) is 15.2. The molecule has 1 aromatic heterocycles. The maximum Gasteiger partial charge on any atom is 0.316 e. The first-order chi connectivity index (χ1) is 11.3. The van der Waals surface area contributed by atoms with E-state index in [9.17, 15) is 9.59 Å². The Kier molecular flexibility index (Phi) is 7.10. The zero-order chi connectivity index (χ0) is 18.4. The Morgan fingerprint density at radius 1 is 1.25 bits per heavy atom. The molecule has 0 aliphatic carbocycles. The quantitative estimate of drug-likeness (QED) is 0.528. The first-order valence-electron chi connectivity index (χ1n) is 8.03. The Bertz CT molecular complexity index is 734. The molecular formula is C18H26N2O4. The Morgan fingerprint density at radius 3 is 2.33 bits per heavy atom. The van der Waals surface area contributed by atoms with E-state index in [0.29, 0.717) is 0 Å². The van der Waals surface area contributed by atoms with E-state index >= 15 is 0 Å². The number of hydrogen-bond donors (Lipinski definition) is 1. The van der Waals surface area contributed by atoms with Crippen molar-refractivity contribution in [3.8, 4) is 0 Å². The zero-order valence-corrected chi connectivity index (χ0v) is 15.2. The topological polar surface area (TPSA) is 81.4 Å². The first kappa shape index (κ1) is 19.8. The van der Waals surface area contributed by atoms with Crippen molar-refractivity contribution in [3.05, 3.63) is 29.1 Å². The highest BCUT2D eigenvalue weighted by Gasteiger charge is 2.28. The van der Waals surface area contributed by atoms with Gasteiger partial charge in [0.1, 0.15) is 5.92 Å². The molecule has 0 amide bonds. The van der Waals surface area contributed by atoms with E-state index in [1.165, 1.54) is 0 Å². The standard InChI is InChI=1S/C16H20N2O3.C2H6O/c1-6-21-16(20)11(4)14(19)15-17-12-7-9(2)10(3)8-13(12)18(15)5;1-2-3/h7-8,11H,6H2,1-5H3;3H,2H2,1H3. The molecular weight excluding hydrogens is 308 g/mol. The first-order valence-corrected chi connectivity index (χ1v) is 8.03. The molecule has 0 aliphatic rings. The molecule has 1 N–H and O–H groups in total. The number of imidazole rings is 1. The molecule has 0 saturated heterocycles. The van der Waals surface area contributed by atoms with Crippen LogP contribution in [0.2, 0.25) is 0 Å². The van der Waals surface area contributed by atoms with E-state index in [-0.39, 0.29) is 24.8 Å². The van der Waals surface area contributed by atoms with Gasteiger partial charge in [-0.15, -0.1) is 0 Å². The summed E-state index contributed by atoms with van der Waals surface area (Å²) in [6.45, 7) is 9.49. The highest BCUT2D eigenvalue weighted by atomic mass is 16.5. The second-order valence-corrected chi connectivity index (χ2v) is 5.57. The van der Waals surface area contributed by atoms with Crippen LogP contribution in [0, 0.1) is 19.8 Å². The summed E-state index contributed by atoms with van der Waals surface area (Å²) in [7, 11) is 1.79. The van der Waals surface area contributed by atoms with Crippen molar-refractivity contribution in [2.75, 3.05) is 13.2 Å². The molecule has 0 bridgehead atoms. The van der Waals surface area contributed by atoms with Crippen molar-refractivity contribution >= 4 is 22.8 Å². The van der Waals surface area contributed by atoms with E-state index in [2.05, 4.69) is 4.98 Å². The molecule has 1 unspecified atom stereocenters. The number of carbonyl (C=O) groups excluding carboxylic acids is 2. The average Bonchev–Trinajstić information content (AvgIpc) is 2.84. The van der Waals surface area contributed by atoms with Gasteiger partial charge >= 0.3 is 5.97 Å². The van der Waals surface area contributed by atoms with Crippen LogP contribution in [0.25, 0.3) is 11.0 Å². The molecule has 0 aliphatic heterocycles. The lowest BCUT2D eigenvalue weighted by Crippen LogP contribution is -2.25. The van der Waals surface area contributed by atoms with Crippen molar-refractivity contribution < 1.29 is 19.4 Å².